The first-order valence-corrected chi connectivity index (χ1v) is 12.1. The Bertz CT molecular complexity index is 1130. The van der Waals surface area contributed by atoms with Crippen molar-refractivity contribution in [3.63, 3.8) is 0 Å². The summed E-state index contributed by atoms with van der Waals surface area (Å²) in [4.78, 5) is 21.8. The first kappa shape index (κ1) is 24.2. The average Bonchev–Trinajstić information content (AvgIpc) is 3.29. The Morgan fingerprint density at radius 1 is 1.26 bits per heavy atom. The van der Waals surface area contributed by atoms with E-state index in [-0.39, 0.29) is 16.9 Å². The lowest BCUT2D eigenvalue weighted by atomic mass is 9.74. The van der Waals surface area contributed by atoms with Crippen LogP contribution in [0.4, 0.5) is 5.69 Å². The van der Waals surface area contributed by atoms with E-state index in [9.17, 15) is 9.90 Å². The van der Waals surface area contributed by atoms with Gasteiger partial charge in [0.25, 0.3) is 5.91 Å². The molecule has 0 unspecified atom stereocenters. The zero-order chi connectivity index (χ0) is 24.5. The van der Waals surface area contributed by atoms with Gasteiger partial charge in [-0.05, 0) is 87.7 Å². The first-order valence-electron chi connectivity index (χ1n) is 12.1. The molecular formula is C27H35N5O2. The van der Waals surface area contributed by atoms with Crippen LogP contribution in [0.15, 0.2) is 30.5 Å². The van der Waals surface area contributed by atoms with Gasteiger partial charge >= 0.3 is 0 Å². The summed E-state index contributed by atoms with van der Waals surface area (Å²) in [5.74, 6) is -0.289. The minimum Gasteiger partial charge on any atom is -0.385 e. The molecule has 1 saturated carbocycles. The highest BCUT2D eigenvalue weighted by atomic mass is 16.3. The number of nitrogens with one attached hydrogen (secondary N) is 2. The fourth-order valence-electron chi connectivity index (χ4n) is 5.09. The molecule has 34 heavy (non-hydrogen) atoms. The summed E-state index contributed by atoms with van der Waals surface area (Å²) in [5.41, 5.74) is 3.40. The van der Waals surface area contributed by atoms with Gasteiger partial charge in [0.1, 0.15) is 11.8 Å². The Kier molecular flexibility index (Phi) is 6.66. The van der Waals surface area contributed by atoms with E-state index in [1.54, 1.807) is 0 Å². The van der Waals surface area contributed by atoms with Crippen LogP contribution < -0.4 is 5.32 Å². The zero-order valence-corrected chi connectivity index (χ0v) is 20.6. The van der Waals surface area contributed by atoms with Gasteiger partial charge in [-0.3, -0.25) is 4.79 Å². The number of aromatic amines is 1. The molecule has 0 atom stereocenters. The Morgan fingerprint density at radius 2 is 2.00 bits per heavy atom. The van der Waals surface area contributed by atoms with Crippen molar-refractivity contribution in [2.75, 3.05) is 19.4 Å². The summed E-state index contributed by atoms with van der Waals surface area (Å²) in [6, 6.07) is 8.35. The number of amides is 1. The predicted octanol–water partition coefficient (Wildman–Crippen LogP) is 4.82. The topological polar surface area (TPSA) is 105 Å². The van der Waals surface area contributed by atoms with Gasteiger partial charge in [0, 0.05) is 17.3 Å². The molecule has 0 radical (unpaired) electrons. The lowest BCUT2D eigenvalue weighted by molar-refractivity contribution is -0.0190. The van der Waals surface area contributed by atoms with Crippen molar-refractivity contribution >= 4 is 17.2 Å². The van der Waals surface area contributed by atoms with Gasteiger partial charge < -0.3 is 20.3 Å². The summed E-state index contributed by atoms with van der Waals surface area (Å²) in [6.07, 6.45) is 9.91. The molecule has 1 fully saturated rings. The largest absolute Gasteiger partial charge is 0.385 e. The molecule has 2 aliphatic rings. The number of H-pyrrole nitrogens is 1. The van der Waals surface area contributed by atoms with E-state index in [2.05, 4.69) is 60.3 Å². The smallest absolute Gasteiger partial charge is 0.291 e. The number of allylic oxidation sites excluding steroid dienone is 2. The van der Waals surface area contributed by atoms with Crippen LogP contribution >= 0.6 is 0 Å². The summed E-state index contributed by atoms with van der Waals surface area (Å²) in [5, 5.41) is 23.6. The Hall–Kier alpha value is -2.95. The molecule has 0 spiro atoms. The number of anilines is 1. The molecule has 0 aliphatic heterocycles. The number of aromatic nitrogens is 2. The number of carbonyl (C=O) groups is 1. The van der Waals surface area contributed by atoms with Crippen molar-refractivity contribution in [2.45, 2.75) is 70.4 Å². The van der Waals surface area contributed by atoms with E-state index in [1.807, 2.05) is 18.2 Å². The van der Waals surface area contributed by atoms with Crippen LogP contribution in [0.25, 0.3) is 5.57 Å². The number of nitrogens with zero attached hydrogens (tertiary/aromatic N) is 3. The third kappa shape index (κ3) is 5.08. The van der Waals surface area contributed by atoms with Crippen LogP contribution in [-0.2, 0) is 5.60 Å². The molecule has 180 valence electrons. The molecule has 1 heterocycles. The lowest BCUT2D eigenvalue weighted by Gasteiger charge is -2.39. The number of benzene rings is 1. The molecule has 7 heteroatoms. The molecule has 1 aromatic heterocycles. The van der Waals surface area contributed by atoms with Gasteiger partial charge in [0.05, 0.1) is 11.8 Å². The monoisotopic (exact) mass is 461 g/mol. The van der Waals surface area contributed by atoms with E-state index >= 15 is 0 Å². The van der Waals surface area contributed by atoms with Crippen LogP contribution in [0.1, 0.15) is 86.2 Å². The molecular weight excluding hydrogens is 426 g/mol. The normalized spacial score (nSPS) is 24.4. The highest BCUT2D eigenvalue weighted by Crippen LogP contribution is 2.43. The van der Waals surface area contributed by atoms with Crippen LogP contribution in [0.2, 0.25) is 0 Å². The summed E-state index contributed by atoms with van der Waals surface area (Å²) in [6.45, 7) is 4.55. The number of carbonyl (C=O) groups excluding carboxylic acids is 1. The van der Waals surface area contributed by atoms with Crippen molar-refractivity contribution < 1.29 is 9.90 Å². The fourth-order valence-corrected chi connectivity index (χ4v) is 5.09. The first-order chi connectivity index (χ1) is 16.1. The second-order valence-corrected chi connectivity index (χ2v) is 10.8. The third-order valence-electron chi connectivity index (χ3n) is 7.55. The van der Waals surface area contributed by atoms with E-state index < -0.39 is 11.5 Å². The van der Waals surface area contributed by atoms with E-state index in [0.29, 0.717) is 11.7 Å². The SMILES string of the molecule is CN(C)C1CCC(O)(c2ccc(NC(=O)c3ncc(C#N)[nH]3)c(C3=CCC(C)(C)CC3)c2)CC1. The van der Waals surface area contributed by atoms with Gasteiger partial charge in [-0.15, -0.1) is 0 Å². The highest BCUT2D eigenvalue weighted by molar-refractivity contribution is 6.03. The van der Waals surface area contributed by atoms with Crippen molar-refractivity contribution in [2.24, 2.45) is 5.41 Å². The van der Waals surface area contributed by atoms with Crippen molar-refractivity contribution in [3.8, 4) is 6.07 Å². The van der Waals surface area contributed by atoms with Gasteiger partial charge in [-0.2, -0.15) is 5.26 Å². The van der Waals surface area contributed by atoms with Gasteiger partial charge in [0.2, 0.25) is 0 Å². The second kappa shape index (κ2) is 9.36. The standard InChI is InChI=1S/C27H35N5O2/c1-26(2)11-7-18(8-12-26)22-15-19(27(34)13-9-21(10-14-27)32(3)4)5-6-23(22)31-25(33)24-29-17-20(16-28)30-24/h5-7,15,17,21,34H,8-14H2,1-4H3,(H,29,30)(H,31,33). The maximum absolute atomic E-state index is 12.8. The number of hydrogen-bond acceptors (Lipinski definition) is 5. The number of imidazole rings is 1. The third-order valence-corrected chi connectivity index (χ3v) is 7.55. The van der Waals surface area contributed by atoms with Crippen molar-refractivity contribution in [3.05, 3.63) is 53.1 Å². The molecule has 1 amide bonds. The highest BCUT2D eigenvalue weighted by Gasteiger charge is 2.36. The van der Waals surface area contributed by atoms with E-state index in [0.717, 1.165) is 56.1 Å². The Labute approximate surface area is 201 Å². The predicted molar refractivity (Wildman–Crippen MR) is 133 cm³/mol. The lowest BCUT2D eigenvalue weighted by Crippen LogP contribution is -2.39. The molecule has 7 nitrogen and oxygen atoms in total. The maximum Gasteiger partial charge on any atom is 0.291 e. The Balaban J connectivity index is 1.66. The van der Waals surface area contributed by atoms with Crippen molar-refractivity contribution in [1.29, 1.82) is 5.26 Å². The number of hydrogen-bond donors (Lipinski definition) is 3. The molecule has 2 aromatic rings. The number of rotatable bonds is 5. The summed E-state index contributed by atoms with van der Waals surface area (Å²) >= 11 is 0. The van der Waals surface area contributed by atoms with Crippen LogP contribution in [-0.4, -0.2) is 46.0 Å². The van der Waals surface area contributed by atoms with Crippen LogP contribution in [0.5, 0.6) is 0 Å². The quantitative estimate of drug-likeness (QED) is 0.592. The maximum atomic E-state index is 12.8. The molecule has 0 bridgehead atoms. The second-order valence-electron chi connectivity index (χ2n) is 10.8. The molecule has 4 rings (SSSR count). The average molecular weight is 462 g/mol. The summed E-state index contributed by atoms with van der Waals surface area (Å²) in [7, 11) is 4.19. The zero-order valence-electron chi connectivity index (χ0n) is 20.6. The molecule has 2 aliphatic carbocycles. The summed E-state index contributed by atoms with van der Waals surface area (Å²) < 4.78 is 0. The number of aliphatic hydroxyl groups is 1. The van der Waals surface area contributed by atoms with Crippen molar-refractivity contribution in [1.82, 2.24) is 14.9 Å². The Morgan fingerprint density at radius 3 is 2.59 bits per heavy atom. The van der Waals surface area contributed by atoms with Gasteiger partial charge in [-0.25, -0.2) is 4.98 Å². The van der Waals surface area contributed by atoms with Gasteiger partial charge in [0.15, 0.2) is 5.82 Å². The molecule has 0 saturated heterocycles. The minimum absolute atomic E-state index is 0.103. The van der Waals surface area contributed by atoms with Crippen LogP contribution in [0, 0.1) is 16.7 Å². The molecule has 3 N–H and O–H groups in total. The number of nitriles is 1. The van der Waals surface area contributed by atoms with Crippen LogP contribution in [0.3, 0.4) is 0 Å². The molecule has 1 aromatic carbocycles. The van der Waals surface area contributed by atoms with E-state index in [1.165, 1.54) is 11.8 Å². The fraction of sp³-hybridized carbons (Fsp3) is 0.519. The van der Waals surface area contributed by atoms with E-state index in [4.69, 9.17) is 5.26 Å². The van der Waals surface area contributed by atoms with Gasteiger partial charge in [-0.1, -0.05) is 26.0 Å². The minimum atomic E-state index is -0.860.